The number of carbonyl (C=O) groups excluding carboxylic acids is 2. The number of amidine groups is 1. The average molecular weight is 292 g/mol. The summed E-state index contributed by atoms with van der Waals surface area (Å²) in [7, 11) is 0. The average Bonchev–Trinajstić information content (AvgIpc) is 2.45. The zero-order chi connectivity index (χ0) is 15.8. The van der Waals surface area contributed by atoms with E-state index in [1.165, 1.54) is 6.07 Å². The first-order valence-corrected chi connectivity index (χ1v) is 6.59. The van der Waals surface area contributed by atoms with Crippen LogP contribution in [0.15, 0.2) is 29.4 Å². The number of hydrogen-bond acceptors (Lipinski definition) is 4. The highest BCUT2D eigenvalue weighted by molar-refractivity contribution is 6.01. The number of hydrogen-bond donors (Lipinski definition) is 4. The molecule has 0 bridgehead atoms. The van der Waals surface area contributed by atoms with Gasteiger partial charge in [0, 0.05) is 30.1 Å². The van der Waals surface area contributed by atoms with Crippen LogP contribution in [-0.4, -0.2) is 35.4 Å². The predicted octanol–water partition coefficient (Wildman–Crippen LogP) is 0.426. The Hall–Kier alpha value is -2.57. The minimum Gasteiger partial charge on any atom is -0.409 e. The van der Waals surface area contributed by atoms with Crippen LogP contribution in [0.4, 0.5) is 0 Å². The van der Waals surface area contributed by atoms with E-state index in [0.717, 1.165) is 0 Å². The third-order valence-electron chi connectivity index (χ3n) is 2.62. The molecule has 21 heavy (non-hydrogen) atoms. The van der Waals surface area contributed by atoms with Crippen molar-refractivity contribution in [3.05, 3.63) is 35.4 Å². The van der Waals surface area contributed by atoms with E-state index in [9.17, 15) is 9.59 Å². The normalized spacial score (nSPS) is 11.3. The van der Waals surface area contributed by atoms with Gasteiger partial charge in [0.25, 0.3) is 5.91 Å². The SMILES string of the molecule is CC(C)NC(=O)CCNC(=O)c1cccc(/C(N)=N/O)c1. The number of nitrogens with two attached hydrogens (primary N) is 1. The van der Waals surface area contributed by atoms with Crippen molar-refractivity contribution in [2.24, 2.45) is 10.9 Å². The van der Waals surface area contributed by atoms with E-state index >= 15 is 0 Å². The predicted molar refractivity (Wildman–Crippen MR) is 79.2 cm³/mol. The number of oxime groups is 1. The highest BCUT2D eigenvalue weighted by atomic mass is 16.4. The summed E-state index contributed by atoms with van der Waals surface area (Å²) in [6, 6.07) is 6.46. The van der Waals surface area contributed by atoms with Gasteiger partial charge in [-0.3, -0.25) is 9.59 Å². The summed E-state index contributed by atoms with van der Waals surface area (Å²) >= 11 is 0. The Labute approximate surface area is 123 Å². The fourth-order valence-electron chi connectivity index (χ4n) is 1.66. The molecule has 1 rings (SSSR count). The minimum atomic E-state index is -0.320. The molecule has 114 valence electrons. The summed E-state index contributed by atoms with van der Waals surface area (Å²) in [4.78, 5) is 23.4. The maximum atomic E-state index is 11.9. The van der Waals surface area contributed by atoms with Gasteiger partial charge in [-0.25, -0.2) is 0 Å². The van der Waals surface area contributed by atoms with Gasteiger partial charge in [0.15, 0.2) is 5.84 Å². The van der Waals surface area contributed by atoms with Crippen LogP contribution in [0.3, 0.4) is 0 Å². The summed E-state index contributed by atoms with van der Waals surface area (Å²) in [5.74, 6) is -0.503. The molecule has 0 unspecified atom stereocenters. The van der Waals surface area contributed by atoms with E-state index in [4.69, 9.17) is 10.9 Å². The van der Waals surface area contributed by atoms with E-state index in [0.29, 0.717) is 11.1 Å². The lowest BCUT2D eigenvalue weighted by Crippen LogP contribution is -2.34. The third kappa shape index (κ3) is 5.52. The van der Waals surface area contributed by atoms with Crippen molar-refractivity contribution in [3.63, 3.8) is 0 Å². The molecule has 0 aliphatic rings. The zero-order valence-corrected chi connectivity index (χ0v) is 12.1. The van der Waals surface area contributed by atoms with Crippen molar-refractivity contribution in [2.75, 3.05) is 6.54 Å². The fourth-order valence-corrected chi connectivity index (χ4v) is 1.66. The van der Waals surface area contributed by atoms with Crippen LogP contribution < -0.4 is 16.4 Å². The first-order chi connectivity index (χ1) is 9.93. The molecular weight excluding hydrogens is 272 g/mol. The second-order valence-corrected chi connectivity index (χ2v) is 4.79. The van der Waals surface area contributed by atoms with Gasteiger partial charge in [0.05, 0.1) is 0 Å². The molecule has 0 radical (unpaired) electrons. The van der Waals surface area contributed by atoms with E-state index in [2.05, 4.69) is 15.8 Å². The molecule has 1 aromatic carbocycles. The first kappa shape index (κ1) is 16.5. The molecule has 5 N–H and O–H groups in total. The van der Waals surface area contributed by atoms with Crippen molar-refractivity contribution in [2.45, 2.75) is 26.3 Å². The molecule has 0 aliphatic heterocycles. The number of nitrogens with one attached hydrogen (secondary N) is 2. The Morgan fingerprint density at radius 3 is 2.62 bits per heavy atom. The molecule has 0 aliphatic carbocycles. The summed E-state index contributed by atoms with van der Waals surface area (Å²) in [6.07, 6.45) is 0.212. The van der Waals surface area contributed by atoms with Gasteiger partial charge in [-0.05, 0) is 26.0 Å². The summed E-state index contributed by atoms with van der Waals surface area (Å²) in [5, 5.41) is 16.9. The van der Waals surface area contributed by atoms with Crippen LogP contribution in [0, 0.1) is 0 Å². The molecule has 7 heteroatoms. The molecule has 0 atom stereocenters. The summed E-state index contributed by atoms with van der Waals surface area (Å²) < 4.78 is 0. The van der Waals surface area contributed by atoms with Gasteiger partial charge in [-0.1, -0.05) is 17.3 Å². The van der Waals surface area contributed by atoms with E-state index in [-0.39, 0.29) is 36.7 Å². The Morgan fingerprint density at radius 2 is 2.00 bits per heavy atom. The molecule has 0 saturated heterocycles. The summed E-state index contributed by atoms with van der Waals surface area (Å²) in [5.41, 5.74) is 6.29. The van der Waals surface area contributed by atoms with Crippen LogP contribution in [0.2, 0.25) is 0 Å². The number of amides is 2. The molecule has 7 nitrogen and oxygen atoms in total. The van der Waals surface area contributed by atoms with Crippen LogP contribution in [0.1, 0.15) is 36.2 Å². The second-order valence-electron chi connectivity index (χ2n) is 4.79. The van der Waals surface area contributed by atoms with Crippen molar-refractivity contribution >= 4 is 17.6 Å². The van der Waals surface area contributed by atoms with Crippen molar-refractivity contribution < 1.29 is 14.8 Å². The largest absolute Gasteiger partial charge is 0.409 e. The molecule has 0 heterocycles. The number of rotatable bonds is 6. The fraction of sp³-hybridized carbons (Fsp3) is 0.357. The van der Waals surface area contributed by atoms with E-state index < -0.39 is 0 Å². The van der Waals surface area contributed by atoms with Gasteiger partial charge in [0.2, 0.25) is 5.91 Å². The van der Waals surface area contributed by atoms with Gasteiger partial charge in [-0.15, -0.1) is 0 Å². The van der Waals surface area contributed by atoms with E-state index in [1.54, 1.807) is 18.2 Å². The van der Waals surface area contributed by atoms with E-state index in [1.807, 2.05) is 13.8 Å². The number of nitrogens with zero attached hydrogens (tertiary/aromatic N) is 1. The van der Waals surface area contributed by atoms with Gasteiger partial charge in [0.1, 0.15) is 0 Å². The number of benzene rings is 1. The second kappa shape index (κ2) is 7.88. The standard InChI is InChI=1S/C14H20N4O3/c1-9(2)17-12(19)6-7-16-14(20)11-5-3-4-10(8-11)13(15)18-21/h3-5,8-9,21H,6-7H2,1-2H3,(H2,15,18)(H,16,20)(H,17,19). The highest BCUT2D eigenvalue weighted by Crippen LogP contribution is 2.05. The number of carbonyl (C=O) groups is 2. The van der Waals surface area contributed by atoms with Gasteiger partial charge >= 0.3 is 0 Å². The Bertz CT molecular complexity index is 541. The molecule has 0 aromatic heterocycles. The van der Waals surface area contributed by atoms with Crippen molar-refractivity contribution in [1.82, 2.24) is 10.6 Å². The molecule has 0 saturated carbocycles. The molecular formula is C14H20N4O3. The van der Waals surface area contributed by atoms with Crippen LogP contribution in [-0.2, 0) is 4.79 Å². The van der Waals surface area contributed by atoms with Gasteiger partial charge < -0.3 is 21.6 Å². The lowest BCUT2D eigenvalue weighted by molar-refractivity contribution is -0.121. The third-order valence-corrected chi connectivity index (χ3v) is 2.62. The van der Waals surface area contributed by atoms with Crippen LogP contribution in [0.5, 0.6) is 0 Å². The lowest BCUT2D eigenvalue weighted by Gasteiger charge is -2.09. The molecule has 0 spiro atoms. The maximum absolute atomic E-state index is 11.9. The van der Waals surface area contributed by atoms with Crippen LogP contribution >= 0.6 is 0 Å². The lowest BCUT2D eigenvalue weighted by atomic mass is 10.1. The van der Waals surface area contributed by atoms with Gasteiger partial charge in [-0.2, -0.15) is 0 Å². The highest BCUT2D eigenvalue weighted by Gasteiger charge is 2.09. The Kier molecular flexibility index (Phi) is 6.19. The molecule has 2 amide bonds. The van der Waals surface area contributed by atoms with Crippen LogP contribution in [0.25, 0.3) is 0 Å². The first-order valence-electron chi connectivity index (χ1n) is 6.59. The van der Waals surface area contributed by atoms with Crippen molar-refractivity contribution in [3.8, 4) is 0 Å². The maximum Gasteiger partial charge on any atom is 0.251 e. The zero-order valence-electron chi connectivity index (χ0n) is 12.1. The minimum absolute atomic E-state index is 0.0686. The quantitative estimate of drug-likeness (QED) is 0.263. The smallest absolute Gasteiger partial charge is 0.251 e. The topological polar surface area (TPSA) is 117 Å². The summed E-state index contributed by atoms with van der Waals surface area (Å²) in [6.45, 7) is 3.98. The molecule has 0 fully saturated rings. The Morgan fingerprint density at radius 1 is 1.33 bits per heavy atom. The van der Waals surface area contributed by atoms with Crippen molar-refractivity contribution in [1.29, 1.82) is 0 Å². The monoisotopic (exact) mass is 292 g/mol. The Balaban J connectivity index is 2.55. The molecule has 1 aromatic rings.